The number of carbonyl (C=O) groups is 4. The Morgan fingerprint density at radius 2 is 1.06 bits per heavy atom. The van der Waals surface area contributed by atoms with Gasteiger partial charge in [-0.05, 0) is 129 Å². The van der Waals surface area contributed by atoms with Crippen LogP contribution in [0.4, 0.5) is 31.7 Å². The van der Waals surface area contributed by atoms with E-state index in [1.54, 1.807) is 26.2 Å². The lowest BCUT2D eigenvalue weighted by molar-refractivity contribution is -0.150. The van der Waals surface area contributed by atoms with Crippen molar-refractivity contribution < 1.29 is 29.4 Å². The van der Waals surface area contributed by atoms with Crippen LogP contribution in [0.1, 0.15) is 77.7 Å². The molecule has 21 heteroatoms. The smallest absolute Gasteiger partial charge is 0.321 e. The lowest BCUT2D eigenvalue weighted by atomic mass is 9.80. The Labute approximate surface area is 397 Å². The molecule has 0 atom stereocenters. The van der Waals surface area contributed by atoms with E-state index in [1.165, 1.54) is 28.2 Å². The number of aromatic nitrogens is 6. The first-order chi connectivity index (χ1) is 31.6. The zero-order valence-corrected chi connectivity index (χ0v) is 40.2. The third-order valence-electron chi connectivity index (χ3n) is 12.4. The molecule has 1 saturated carbocycles. The zero-order chi connectivity index (χ0) is 46.8. The molecule has 0 bridgehead atoms. The summed E-state index contributed by atoms with van der Waals surface area (Å²) in [6, 6.07) is 7.61. The first kappa shape index (κ1) is 46.5. The van der Waals surface area contributed by atoms with E-state index >= 15 is 0 Å². The first-order valence-electron chi connectivity index (χ1n) is 21.9. The Balaban J connectivity index is 0.000000180. The summed E-state index contributed by atoms with van der Waals surface area (Å²) in [6.45, 7) is 10.9. The Bertz CT molecular complexity index is 2770. The minimum Gasteiger partial charge on any atom is -0.481 e. The molecule has 9 rings (SSSR count). The van der Waals surface area contributed by atoms with Crippen LogP contribution in [0, 0.1) is 10.8 Å². The van der Waals surface area contributed by atoms with Gasteiger partial charge in [-0.15, -0.1) is 0 Å². The molecule has 0 spiro atoms. The standard InChI is InChI=1S/C24H28N6O3S.C21H23BrN6O3S/c1-3-25-22(33)29-23-28-18-11-15(10-17(14-4-5-14)19(18)34-23)16-12-26-21(27-13-16)30-8-6-24(2,7-9-30)20(31)32;1-3-23-19(31)27-20-26-15-9-12(8-14(22)16(15)32-20)13-10-24-18(25-11-13)28-6-4-21(2,5-7-28)17(29)30/h10-14H,3-9H2,1-2H3,(H,31,32)(H2,25,28,29,33);8-11H,3-7H2,1-2H3,(H,29,30)(H2,23,26,27,31). The van der Waals surface area contributed by atoms with E-state index < -0.39 is 22.8 Å². The minimum absolute atomic E-state index is 0.250. The van der Waals surface area contributed by atoms with Crippen molar-refractivity contribution in [3.63, 3.8) is 0 Å². The van der Waals surface area contributed by atoms with Gasteiger partial charge in [-0.3, -0.25) is 20.2 Å². The van der Waals surface area contributed by atoms with Crippen LogP contribution in [-0.4, -0.2) is 103 Å². The third kappa shape index (κ3) is 10.3. The highest BCUT2D eigenvalue weighted by Crippen LogP contribution is 2.47. The molecule has 1 aliphatic carbocycles. The number of fused-ring (bicyclic) bond motifs is 2. The summed E-state index contributed by atoms with van der Waals surface area (Å²) in [5, 5.41) is 31.0. The largest absolute Gasteiger partial charge is 0.481 e. The maximum Gasteiger partial charge on any atom is 0.321 e. The Morgan fingerprint density at radius 3 is 1.47 bits per heavy atom. The molecular formula is C45H51BrN12O6S2. The highest BCUT2D eigenvalue weighted by molar-refractivity contribution is 9.10. The molecule has 6 N–H and O–H groups in total. The number of rotatable bonds is 11. The van der Waals surface area contributed by atoms with Crippen molar-refractivity contribution in [3.05, 3.63) is 59.1 Å². The number of aliphatic carboxylic acids is 2. The monoisotopic (exact) mass is 998 g/mol. The van der Waals surface area contributed by atoms with E-state index in [1.807, 2.05) is 54.2 Å². The second-order valence-electron chi connectivity index (χ2n) is 17.3. The zero-order valence-electron chi connectivity index (χ0n) is 37.0. The number of carboxylic acid groups (broad SMARTS) is 2. The van der Waals surface area contributed by atoms with Gasteiger partial charge in [0.25, 0.3) is 0 Å². The fourth-order valence-electron chi connectivity index (χ4n) is 7.89. The average molecular weight is 1000 g/mol. The van der Waals surface area contributed by atoms with E-state index in [0.717, 1.165) is 60.0 Å². The number of amides is 4. The number of thiazole rings is 2. The maximum absolute atomic E-state index is 11.9. The molecule has 4 aromatic heterocycles. The van der Waals surface area contributed by atoms with Crippen LogP contribution in [0.2, 0.25) is 0 Å². The van der Waals surface area contributed by atoms with Crippen LogP contribution in [0.15, 0.2) is 53.5 Å². The number of hydrogen-bond donors (Lipinski definition) is 6. The summed E-state index contributed by atoms with van der Waals surface area (Å²) in [5.41, 5.74) is 5.20. The van der Waals surface area contributed by atoms with Crippen LogP contribution in [0.5, 0.6) is 0 Å². The summed E-state index contributed by atoms with van der Waals surface area (Å²) < 4.78 is 2.93. The average Bonchev–Trinajstić information content (AvgIpc) is 3.94. The highest BCUT2D eigenvalue weighted by Gasteiger charge is 2.38. The van der Waals surface area contributed by atoms with Gasteiger partial charge in [0.2, 0.25) is 11.9 Å². The van der Waals surface area contributed by atoms with E-state index in [-0.39, 0.29) is 12.1 Å². The number of piperidine rings is 2. The number of urea groups is 2. The highest BCUT2D eigenvalue weighted by atomic mass is 79.9. The van der Waals surface area contributed by atoms with Gasteiger partial charge in [-0.25, -0.2) is 39.5 Å². The predicted molar refractivity (Wildman–Crippen MR) is 261 cm³/mol. The van der Waals surface area contributed by atoms with Gasteiger partial charge in [0.05, 0.1) is 31.3 Å². The lowest BCUT2D eigenvalue weighted by Gasteiger charge is -2.36. The molecular weight excluding hydrogens is 949 g/mol. The van der Waals surface area contributed by atoms with Crippen LogP contribution >= 0.6 is 38.6 Å². The Hall–Kier alpha value is -6.06. The molecule has 2 aliphatic heterocycles. The normalized spacial score (nSPS) is 16.6. The number of benzene rings is 2. The molecule has 6 heterocycles. The minimum atomic E-state index is -0.749. The van der Waals surface area contributed by atoms with E-state index in [4.69, 9.17) is 0 Å². The second kappa shape index (κ2) is 19.4. The number of hydrogen-bond acceptors (Lipinski definition) is 14. The molecule has 3 fully saturated rings. The molecule has 6 aromatic rings. The van der Waals surface area contributed by atoms with Crippen molar-refractivity contribution in [3.8, 4) is 22.3 Å². The van der Waals surface area contributed by atoms with Crippen LogP contribution < -0.4 is 31.1 Å². The fourth-order valence-corrected chi connectivity index (χ4v) is 10.5. The molecule has 4 amide bonds. The van der Waals surface area contributed by atoms with Crippen LogP contribution in [-0.2, 0) is 9.59 Å². The molecule has 2 aromatic carbocycles. The quantitative estimate of drug-likeness (QED) is 0.0711. The topological polar surface area (TPSA) is 241 Å². The molecule has 18 nitrogen and oxygen atoms in total. The summed E-state index contributed by atoms with van der Waals surface area (Å²) in [5.74, 6) is 0.264. The molecule has 2 saturated heterocycles. The molecule has 346 valence electrons. The van der Waals surface area contributed by atoms with Crippen molar-refractivity contribution in [2.75, 3.05) is 59.7 Å². The van der Waals surface area contributed by atoms with Crippen molar-refractivity contribution in [1.29, 1.82) is 0 Å². The van der Waals surface area contributed by atoms with Gasteiger partial charge >= 0.3 is 24.0 Å². The second-order valence-corrected chi connectivity index (χ2v) is 20.1. The van der Waals surface area contributed by atoms with Crippen molar-refractivity contribution in [1.82, 2.24) is 40.5 Å². The lowest BCUT2D eigenvalue weighted by Crippen LogP contribution is -2.43. The van der Waals surface area contributed by atoms with Gasteiger partial charge < -0.3 is 30.6 Å². The van der Waals surface area contributed by atoms with Gasteiger partial charge in [0.1, 0.15) is 0 Å². The summed E-state index contributed by atoms with van der Waals surface area (Å²) in [4.78, 5) is 78.1. The number of nitrogens with zero attached hydrogens (tertiary/aromatic N) is 8. The summed E-state index contributed by atoms with van der Waals surface area (Å²) in [7, 11) is 0. The number of nitrogens with one attached hydrogen (secondary N) is 4. The van der Waals surface area contributed by atoms with Crippen molar-refractivity contribution in [2.45, 2.75) is 72.1 Å². The molecule has 0 unspecified atom stereocenters. The van der Waals surface area contributed by atoms with Gasteiger partial charge in [-0.1, -0.05) is 22.7 Å². The number of carboxylic acids is 2. The van der Waals surface area contributed by atoms with E-state index in [0.29, 0.717) is 93.0 Å². The van der Waals surface area contributed by atoms with Crippen LogP contribution in [0.25, 0.3) is 42.7 Å². The van der Waals surface area contributed by atoms with Crippen molar-refractivity contribution >= 4 is 105 Å². The Morgan fingerprint density at radius 1 is 0.652 bits per heavy atom. The summed E-state index contributed by atoms with van der Waals surface area (Å²) in [6.07, 6.45) is 11.8. The van der Waals surface area contributed by atoms with Crippen LogP contribution in [0.3, 0.4) is 0 Å². The van der Waals surface area contributed by atoms with Crippen molar-refractivity contribution in [2.24, 2.45) is 10.8 Å². The number of anilines is 4. The Kier molecular flexibility index (Phi) is 13.7. The molecule has 0 radical (unpaired) electrons. The van der Waals surface area contributed by atoms with Gasteiger partial charge in [0, 0.05) is 79.7 Å². The van der Waals surface area contributed by atoms with E-state index in [9.17, 15) is 29.4 Å². The molecule has 66 heavy (non-hydrogen) atoms. The number of halogens is 1. The van der Waals surface area contributed by atoms with Gasteiger partial charge in [0.15, 0.2) is 10.3 Å². The molecule has 3 aliphatic rings. The predicted octanol–water partition coefficient (Wildman–Crippen LogP) is 8.81. The maximum atomic E-state index is 11.9. The fraction of sp³-hybridized carbons (Fsp3) is 0.422. The van der Waals surface area contributed by atoms with E-state index in [2.05, 4.69) is 73.2 Å². The number of carbonyl (C=O) groups excluding carboxylic acids is 2. The summed E-state index contributed by atoms with van der Waals surface area (Å²) >= 11 is 6.51. The first-order valence-corrected chi connectivity index (χ1v) is 24.3. The van der Waals surface area contributed by atoms with Gasteiger partial charge in [-0.2, -0.15) is 0 Å². The SMILES string of the molecule is CCNC(=O)Nc1nc2cc(-c3cnc(N4CCC(C)(C(=O)O)CC4)nc3)cc(Br)c2s1.CCNC(=O)Nc1nc2cc(-c3cnc(N4CCC(C)(C(=O)O)CC4)nc3)cc(C3CC3)c2s1. The third-order valence-corrected chi connectivity index (χ3v) is 15.3.